The quantitative estimate of drug-likeness (QED) is 0.768. The monoisotopic (exact) mass is 314 g/mol. The summed E-state index contributed by atoms with van der Waals surface area (Å²) in [5, 5.41) is 5.83. The van der Waals surface area contributed by atoms with E-state index in [1.807, 2.05) is 55.6 Å². The Morgan fingerprint density at radius 1 is 1.09 bits per heavy atom. The van der Waals surface area contributed by atoms with Crippen LogP contribution in [0.25, 0.3) is 0 Å². The first-order valence-electron chi connectivity index (χ1n) is 7.43. The van der Waals surface area contributed by atoms with E-state index < -0.39 is 0 Å². The van der Waals surface area contributed by atoms with E-state index in [4.69, 9.17) is 0 Å². The van der Waals surface area contributed by atoms with Gasteiger partial charge in [0.25, 0.3) is 0 Å². The van der Waals surface area contributed by atoms with Crippen molar-refractivity contribution < 1.29 is 4.79 Å². The number of anilines is 1. The van der Waals surface area contributed by atoms with E-state index >= 15 is 0 Å². The first-order valence-corrected chi connectivity index (χ1v) is 8.65. The molecule has 0 aromatic heterocycles. The van der Waals surface area contributed by atoms with Crippen molar-refractivity contribution in [1.82, 2.24) is 5.32 Å². The van der Waals surface area contributed by atoms with Gasteiger partial charge in [-0.2, -0.15) is 0 Å². The van der Waals surface area contributed by atoms with E-state index in [2.05, 4.69) is 22.8 Å². The molecule has 0 aliphatic rings. The minimum atomic E-state index is -0.155. The molecule has 0 saturated carbocycles. The van der Waals surface area contributed by atoms with Crippen molar-refractivity contribution in [3.05, 3.63) is 60.2 Å². The molecular formula is C18H22N2OS. The topological polar surface area (TPSA) is 41.1 Å². The standard InChI is InChI=1S/C18H22N2OS/c1-14(8-9-15-6-4-3-5-7-15)19-18(21)20-16-10-12-17(22-2)13-11-16/h3-7,10-14H,8-9H2,1-2H3,(H2,19,20,21). The van der Waals surface area contributed by atoms with Gasteiger partial charge in [-0.15, -0.1) is 11.8 Å². The van der Waals surface area contributed by atoms with E-state index in [0.29, 0.717) is 0 Å². The maximum atomic E-state index is 12.0. The molecular weight excluding hydrogens is 292 g/mol. The maximum Gasteiger partial charge on any atom is 0.319 e. The Labute approximate surface area is 136 Å². The zero-order valence-corrected chi connectivity index (χ0v) is 13.8. The maximum absolute atomic E-state index is 12.0. The lowest BCUT2D eigenvalue weighted by molar-refractivity contribution is 0.248. The van der Waals surface area contributed by atoms with Crippen LogP contribution in [-0.4, -0.2) is 18.3 Å². The molecule has 2 rings (SSSR count). The minimum absolute atomic E-state index is 0.130. The second-order valence-electron chi connectivity index (χ2n) is 5.25. The van der Waals surface area contributed by atoms with Crippen LogP contribution in [0.4, 0.5) is 10.5 Å². The fraction of sp³-hybridized carbons (Fsp3) is 0.278. The summed E-state index contributed by atoms with van der Waals surface area (Å²) < 4.78 is 0. The van der Waals surface area contributed by atoms with Crippen LogP contribution in [-0.2, 0) is 6.42 Å². The fourth-order valence-corrected chi connectivity index (χ4v) is 2.57. The summed E-state index contributed by atoms with van der Waals surface area (Å²) in [4.78, 5) is 13.1. The molecule has 0 bridgehead atoms. The highest BCUT2D eigenvalue weighted by Gasteiger charge is 2.07. The number of hydrogen-bond acceptors (Lipinski definition) is 2. The number of aryl methyl sites for hydroxylation is 1. The van der Waals surface area contributed by atoms with Crippen molar-refractivity contribution in [3.63, 3.8) is 0 Å². The number of hydrogen-bond donors (Lipinski definition) is 2. The molecule has 0 aliphatic carbocycles. The summed E-state index contributed by atoms with van der Waals surface area (Å²) in [5.41, 5.74) is 2.11. The number of amides is 2. The molecule has 0 saturated heterocycles. The Bertz CT molecular complexity index is 584. The molecule has 0 fully saturated rings. The Kier molecular flexibility index (Phi) is 6.34. The van der Waals surface area contributed by atoms with Crippen LogP contribution in [0.5, 0.6) is 0 Å². The lowest BCUT2D eigenvalue weighted by Crippen LogP contribution is -2.36. The van der Waals surface area contributed by atoms with Crippen molar-refractivity contribution in [1.29, 1.82) is 0 Å². The molecule has 0 aliphatic heterocycles. The van der Waals surface area contributed by atoms with Crippen molar-refractivity contribution in [2.24, 2.45) is 0 Å². The number of carbonyl (C=O) groups excluding carboxylic acids is 1. The van der Waals surface area contributed by atoms with E-state index in [0.717, 1.165) is 18.5 Å². The molecule has 2 N–H and O–H groups in total. The van der Waals surface area contributed by atoms with Gasteiger partial charge in [-0.25, -0.2) is 4.79 Å². The Balaban J connectivity index is 1.75. The summed E-state index contributed by atoms with van der Waals surface area (Å²) in [6, 6.07) is 18.1. The highest BCUT2D eigenvalue weighted by Crippen LogP contribution is 2.17. The predicted molar refractivity (Wildman–Crippen MR) is 94.6 cm³/mol. The van der Waals surface area contributed by atoms with Crippen LogP contribution in [0.1, 0.15) is 18.9 Å². The van der Waals surface area contributed by atoms with Crippen LogP contribution in [0.3, 0.4) is 0 Å². The third-order valence-electron chi connectivity index (χ3n) is 3.43. The van der Waals surface area contributed by atoms with Crippen LogP contribution >= 0.6 is 11.8 Å². The average molecular weight is 314 g/mol. The molecule has 0 heterocycles. The van der Waals surface area contributed by atoms with Crippen LogP contribution < -0.4 is 10.6 Å². The molecule has 1 unspecified atom stereocenters. The predicted octanol–water partition coefficient (Wildman–Crippen LogP) is 4.55. The summed E-state index contributed by atoms with van der Waals surface area (Å²) in [7, 11) is 0. The van der Waals surface area contributed by atoms with Crippen LogP contribution in [0.15, 0.2) is 59.5 Å². The van der Waals surface area contributed by atoms with Gasteiger partial charge in [-0.05, 0) is 55.9 Å². The first kappa shape index (κ1) is 16.4. The average Bonchev–Trinajstić information content (AvgIpc) is 2.54. The molecule has 0 spiro atoms. The third-order valence-corrected chi connectivity index (χ3v) is 4.18. The molecule has 2 aromatic carbocycles. The Morgan fingerprint density at radius 2 is 1.77 bits per heavy atom. The molecule has 2 amide bonds. The van der Waals surface area contributed by atoms with Gasteiger partial charge in [-0.1, -0.05) is 30.3 Å². The largest absolute Gasteiger partial charge is 0.335 e. The van der Waals surface area contributed by atoms with Gasteiger partial charge in [0.15, 0.2) is 0 Å². The molecule has 2 aromatic rings. The second kappa shape index (κ2) is 8.49. The van der Waals surface area contributed by atoms with Gasteiger partial charge < -0.3 is 10.6 Å². The number of urea groups is 1. The van der Waals surface area contributed by atoms with Crippen LogP contribution in [0.2, 0.25) is 0 Å². The smallest absolute Gasteiger partial charge is 0.319 e. The zero-order valence-electron chi connectivity index (χ0n) is 13.0. The summed E-state index contributed by atoms with van der Waals surface area (Å²) >= 11 is 1.68. The number of benzene rings is 2. The summed E-state index contributed by atoms with van der Waals surface area (Å²) in [5.74, 6) is 0. The summed E-state index contributed by atoms with van der Waals surface area (Å²) in [6.07, 6.45) is 3.91. The fourth-order valence-electron chi connectivity index (χ4n) is 2.17. The van der Waals surface area contributed by atoms with Crippen LogP contribution in [0, 0.1) is 0 Å². The van der Waals surface area contributed by atoms with Crippen molar-refractivity contribution in [2.45, 2.75) is 30.7 Å². The molecule has 3 nitrogen and oxygen atoms in total. The normalized spacial score (nSPS) is 11.7. The highest BCUT2D eigenvalue weighted by atomic mass is 32.2. The highest BCUT2D eigenvalue weighted by molar-refractivity contribution is 7.98. The lowest BCUT2D eigenvalue weighted by Gasteiger charge is -2.15. The van der Waals surface area contributed by atoms with Gasteiger partial charge >= 0.3 is 6.03 Å². The third kappa shape index (κ3) is 5.45. The molecule has 116 valence electrons. The SMILES string of the molecule is CSc1ccc(NC(=O)NC(C)CCc2ccccc2)cc1. The van der Waals surface area contributed by atoms with E-state index in [-0.39, 0.29) is 12.1 Å². The number of carbonyl (C=O) groups is 1. The van der Waals surface area contributed by atoms with Crippen molar-refractivity contribution >= 4 is 23.5 Å². The number of nitrogens with one attached hydrogen (secondary N) is 2. The van der Waals surface area contributed by atoms with Gasteiger partial charge in [0.2, 0.25) is 0 Å². The Hall–Kier alpha value is -1.94. The zero-order chi connectivity index (χ0) is 15.8. The molecule has 1 atom stereocenters. The van der Waals surface area contributed by atoms with E-state index in [1.54, 1.807) is 11.8 Å². The summed E-state index contributed by atoms with van der Waals surface area (Å²) in [6.45, 7) is 2.03. The lowest BCUT2D eigenvalue weighted by atomic mass is 10.1. The van der Waals surface area contributed by atoms with Gasteiger partial charge in [-0.3, -0.25) is 0 Å². The minimum Gasteiger partial charge on any atom is -0.335 e. The van der Waals surface area contributed by atoms with E-state index in [9.17, 15) is 4.79 Å². The van der Waals surface area contributed by atoms with Gasteiger partial charge in [0.1, 0.15) is 0 Å². The van der Waals surface area contributed by atoms with E-state index in [1.165, 1.54) is 10.5 Å². The van der Waals surface area contributed by atoms with Crippen molar-refractivity contribution in [2.75, 3.05) is 11.6 Å². The number of thioether (sulfide) groups is 1. The molecule has 0 radical (unpaired) electrons. The number of rotatable bonds is 6. The Morgan fingerprint density at radius 3 is 2.41 bits per heavy atom. The molecule has 22 heavy (non-hydrogen) atoms. The van der Waals surface area contributed by atoms with Gasteiger partial charge in [0.05, 0.1) is 0 Å². The first-order chi connectivity index (χ1) is 10.7. The van der Waals surface area contributed by atoms with Gasteiger partial charge in [0, 0.05) is 16.6 Å². The second-order valence-corrected chi connectivity index (χ2v) is 6.13. The molecule has 4 heteroatoms. The van der Waals surface area contributed by atoms with Crippen molar-refractivity contribution in [3.8, 4) is 0 Å².